The van der Waals surface area contributed by atoms with E-state index in [0.29, 0.717) is 32.0 Å². The van der Waals surface area contributed by atoms with Crippen LogP contribution in [-0.2, 0) is 23.8 Å². The van der Waals surface area contributed by atoms with Gasteiger partial charge in [0, 0.05) is 12.3 Å². The van der Waals surface area contributed by atoms with Crippen LogP contribution in [0.2, 0.25) is 0 Å². The van der Waals surface area contributed by atoms with Crippen LogP contribution in [-0.4, -0.2) is 37.0 Å². The molecule has 2 unspecified atom stereocenters. The largest absolute Gasteiger partial charge is 1.00 e. The van der Waals surface area contributed by atoms with Crippen LogP contribution in [0.3, 0.4) is 0 Å². The summed E-state index contributed by atoms with van der Waals surface area (Å²) in [4.78, 5) is 22.7. The Bertz CT molecular complexity index is 462. The third-order valence-corrected chi connectivity index (χ3v) is 5.92. The summed E-state index contributed by atoms with van der Waals surface area (Å²) in [5, 5.41) is 10.9. The molecule has 0 amide bonds. The van der Waals surface area contributed by atoms with Gasteiger partial charge in [0.25, 0.3) is 0 Å². The van der Waals surface area contributed by atoms with Gasteiger partial charge in [-0.2, -0.15) is 0 Å². The summed E-state index contributed by atoms with van der Waals surface area (Å²) in [6, 6.07) is 0. The van der Waals surface area contributed by atoms with E-state index in [2.05, 4.69) is 0 Å². The molecule has 0 aromatic heterocycles. The van der Waals surface area contributed by atoms with E-state index in [-0.39, 0.29) is 81.1 Å². The van der Waals surface area contributed by atoms with Gasteiger partial charge in [-0.05, 0) is 44.4 Å². The fourth-order valence-electron chi connectivity index (χ4n) is 4.87. The van der Waals surface area contributed by atoms with Crippen molar-refractivity contribution in [3.8, 4) is 0 Å². The Morgan fingerprint density at radius 2 is 1.72 bits per heavy atom. The zero-order valence-electron chi connectivity index (χ0n) is 15.2. The quantitative estimate of drug-likeness (QED) is 0.368. The maximum atomic E-state index is 11.8. The average molecular weight is 472 g/mol. The molecule has 1 heterocycles. The fourth-order valence-corrected chi connectivity index (χ4v) is 4.87. The predicted molar refractivity (Wildman–Crippen MR) is 82.7 cm³/mol. The van der Waals surface area contributed by atoms with Gasteiger partial charge in [0.1, 0.15) is 5.60 Å². The number of carboxylic acid groups (broad SMARTS) is 1. The van der Waals surface area contributed by atoms with Crippen molar-refractivity contribution in [2.75, 3.05) is 13.2 Å². The number of carbonyl (C=O) groups is 2. The number of hydrogen-bond donors (Lipinski definition) is 0. The van der Waals surface area contributed by atoms with Crippen LogP contribution in [0.1, 0.15) is 64.2 Å². The van der Waals surface area contributed by atoms with E-state index >= 15 is 0 Å². The Labute approximate surface area is 208 Å². The van der Waals surface area contributed by atoms with Crippen molar-refractivity contribution in [1.82, 2.24) is 0 Å². The van der Waals surface area contributed by atoms with Crippen molar-refractivity contribution in [2.24, 2.45) is 11.8 Å². The predicted octanol–water partition coefficient (Wildman–Crippen LogP) is -1.44. The zero-order valence-corrected chi connectivity index (χ0v) is 21.4. The molecule has 0 aromatic carbocycles. The molecule has 6 nitrogen and oxygen atoms in total. The Hall–Kier alpha value is 0.912. The van der Waals surface area contributed by atoms with Crippen LogP contribution in [0.15, 0.2) is 0 Å². The van der Waals surface area contributed by atoms with Crippen molar-refractivity contribution in [3.63, 3.8) is 0 Å². The second kappa shape index (κ2) is 10.5. The van der Waals surface area contributed by atoms with E-state index in [0.717, 1.165) is 44.9 Å². The number of esters is 1. The zero-order chi connectivity index (χ0) is 17.0. The van der Waals surface area contributed by atoms with E-state index in [1.165, 1.54) is 6.42 Å². The Morgan fingerprint density at radius 3 is 2.44 bits per heavy atom. The first-order valence-corrected chi connectivity index (χ1v) is 9.28. The average Bonchev–Trinajstić information content (AvgIpc) is 2.61. The number of carbonyl (C=O) groups excluding carboxylic acids is 2. The molecule has 3 rings (SSSR count). The Balaban J connectivity index is 0.00000225. The van der Waals surface area contributed by atoms with Crippen molar-refractivity contribution >= 4 is 11.9 Å². The molecule has 0 aromatic rings. The number of fused-ring (bicyclic) bond motifs is 1. The molecule has 0 radical (unpaired) electrons. The van der Waals surface area contributed by atoms with Gasteiger partial charge in [-0.1, -0.05) is 19.3 Å². The molecule has 3 atom stereocenters. The minimum Gasteiger partial charge on any atom is -0.539 e. The van der Waals surface area contributed by atoms with Gasteiger partial charge in [-0.15, -0.1) is 0 Å². The van der Waals surface area contributed by atoms with Gasteiger partial charge >= 0.3 is 74.9 Å². The van der Waals surface area contributed by atoms with E-state index in [1.807, 2.05) is 0 Å². The van der Waals surface area contributed by atoms with Gasteiger partial charge in [0.15, 0.2) is 12.3 Å². The van der Waals surface area contributed by atoms with Crippen LogP contribution in [0.25, 0.3) is 0 Å². The molecule has 0 N–H and O–H groups in total. The second-order valence-electron chi connectivity index (χ2n) is 7.35. The molecule has 136 valence electrons. The third-order valence-electron chi connectivity index (χ3n) is 5.92. The summed E-state index contributed by atoms with van der Waals surface area (Å²) in [6.07, 6.45) is 9.14. The maximum Gasteiger partial charge on any atom is 1.00 e. The van der Waals surface area contributed by atoms with E-state index in [1.54, 1.807) is 0 Å². The molecular formula is C18H27CsO6. The normalized spacial score (nSPS) is 33.0. The van der Waals surface area contributed by atoms with E-state index < -0.39 is 17.5 Å². The Kier molecular flexibility index (Phi) is 9.29. The van der Waals surface area contributed by atoms with Crippen LogP contribution in [0.4, 0.5) is 0 Å². The first-order chi connectivity index (χ1) is 11.6. The maximum absolute atomic E-state index is 11.8. The van der Waals surface area contributed by atoms with E-state index in [4.69, 9.17) is 14.2 Å². The summed E-state index contributed by atoms with van der Waals surface area (Å²) >= 11 is 0. The SMILES string of the molecule is O=C([O-])C(=O)O[C@@]1(CCC2OCCCO2)CCCC2CCCCC21.[Cs+]. The molecule has 1 aliphatic heterocycles. The van der Waals surface area contributed by atoms with E-state index in [9.17, 15) is 14.7 Å². The number of aliphatic carboxylic acids is 1. The number of hydrogen-bond acceptors (Lipinski definition) is 6. The molecule has 1 saturated heterocycles. The summed E-state index contributed by atoms with van der Waals surface area (Å²) in [7, 11) is 0. The van der Waals surface area contributed by atoms with Crippen molar-refractivity contribution in [2.45, 2.75) is 76.1 Å². The standard InChI is InChI=1S/C18H28O6.Cs/c19-16(20)17(21)24-18(10-8-15-22-11-4-12-23-15)9-3-6-13-5-1-2-7-14(13)18;/h13-15H,1-12H2,(H,19,20);/q;+1/p-1/t13?,14?,18-;/m1./s1. The minimum atomic E-state index is -1.75. The molecule has 3 fully saturated rings. The van der Waals surface area contributed by atoms with Crippen molar-refractivity contribution in [3.05, 3.63) is 0 Å². The molecule has 25 heavy (non-hydrogen) atoms. The van der Waals surface area contributed by atoms with Gasteiger partial charge in [-0.3, -0.25) is 0 Å². The smallest absolute Gasteiger partial charge is 0.539 e. The number of rotatable bonds is 4. The summed E-state index contributed by atoms with van der Waals surface area (Å²) < 4.78 is 16.8. The number of ether oxygens (including phenoxy) is 3. The molecule has 2 saturated carbocycles. The van der Waals surface area contributed by atoms with Crippen LogP contribution in [0, 0.1) is 11.8 Å². The number of carboxylic acids is 1. The van der Waals surface area contributed by atoms with Gasteiger partial charge in [0.2, 0.25) is 0 Å². The first-order valence-electron chi connectivity index (χ1n) is 9.28. The Morgan fingerprint density at radius 1 is 1.04 bits per heavy atom. The monoisotopic (exact) mass is 472 g/mol. The molecule has 0 bridgehead atoms. The fraction of sp³-hybridized carbons (Fsp3) is 0.889. The van der Waals surface area contributed by atoms with Crippen molar-refractivity contribution < 1.29 is 97.8 Å². The summed E-state index contributed by atoms with van der Waals surface area (Å²) in [5.41, 5.74) is -0.704. The minimum absolute atomic E-state index is 0. The van der Waals surface area contributed by atoms with Crippen LogP contribution >= 0.6 is 0 Å². The molecule has 2 aliphatic carbocycles. The van der Waals surface area contributed by atoms with Gasteiger partial charge in [0.05, 0.1) is 13.2 Å². The molecule has 0 spiro atoms. The molecular weight excluding hydrogens is 445 g/mol. The van der Waals surface area contributed by atoms with Crippen molar-refractivity contribution in [1.29, 1.82) is 0 Å². The summed E-state index contributed by atoms with van der Waals surface area (Å²) in [5.74, 6) is -2.22. The van der Waals surface area contributed by atoms with Gasteiger partial charge in [-0.25, -0.2) is 4.79 Å². The molecule has 7 heteroatoms. The topological polar surface area (TPSA) is 84.9 Å². The van der Waals surface area contributed by atoms with Crippen LogP contribution in [0.5, 0.6) is 0 Å². The first kappa shape index (κ1) is 22.2. The van der Waals surface area contributed by atoms with Crippen LogP contribution < -0.4 is 74.0 Å². The van der Waals surface area contributed by atoms with Gasteiger partial charge < -0.3 is 24.1 Å². The summed E-state index contributed by atoms with van der Waals surface area (Å²) in [6.45, 7) is 1.37. The third kappa shape index (κ3) is 5.70. The molecule has 3 aliphatic rings. The second-order valence-corrected chi connectivity index (χ2v) is 7.35.